The van der Waals surface area contributed by atoms with Gasteiger partial charge in [-0.2, -0.15) is 0 Å². The number of hydrogen-bond acceptors (Lipinski definition) is 4. The fourth-order valence-electron chi connectivity index (χ4n) is 3.73. The number of hydrogen-bond donors (Lipinski definition) is 1. The van der Waals surface area contributed by atoms with E-state index in [-0.39, 0.29) is 11.8 Å². The molecule has 0 saturated carbocycles. The Morgan fingerprint density at radius 3 is 2.52 bits per heavy atom. The first kappa shape index (κ1) is 22.7. The molecule has 3 aromatic rings. The minimum atomic E-state index is -0.557. The molecule has 0 spiro atoms. The Morgan fingerprint density at radius 1 is 1.12 bits per heavy atom. The van der Waals surface area contributed by atoms with Crippen LogP contribution in [0.4, 0.5) is 5.69 Å². The Kier molecular flexibility index (Phi) is 6.84. The van der Waals surface area contributed by atoms with Gasteiger partial charge < -0.3 is 19.7 Å². The number of ether oxygens (including phenoxy) is 2. The number of halogens is 1. The molecule has 2 amide bonds. The van der Waals surface area contributed by atoms with Crippen LogP contribution in [0, 0.1) is 0 Å². The molecule has 1 aliphatic rings. The van der Waals surface area contributed by atoms with Crippen molar-refractivity contribution in [2.24, 2.45) is 0 Å². The van der Waals surface area contributed by atoms with E-state index in [0.29, 0.717) is 47.3 Å². The van der Waals surface area contributed by atoms with Gasteiger partial charge in [-0.05, 0) is 66.6 Å². The highest BCUT2D eigenvalue weighted by Crippen LogP contribution is 2.30. The van der Waals surface area contributed by atoms with Gasteiger partial charge in [-0.3, -0.25) is 9.59 Å². The maximum absolute atomic E-state index is 13.1. The van der Waals surface area contributed by atoms with Gasteiger partial charge in [-0.25, -0.2) is 0 Å². The summed E-state index contributed by atoms with van der Waals surface area (Å²) in [5.41, 5.74) is 2.97. The van der Waals surface area contributed by atoms with Gasteiger partial charge in [0.05, 0.1) is 7.11 Å². The summed E-state index contributed by atoms with van der Waals surface area (Å²) >= 11 is 6.00. The van der Waals surface area contributed by atoms with Crippen molar-refractivity contribution in [3.63, 3.8) is 0 Å². The predicted molar refractivity (Wildman–Crippen MR) is 128 cm³/mol. The average Bonchev–Trinajstić information content (AvgIpc) is 2.96. The van der Waals surface area contributed by atoms with E-state index in [1.54, 1.807) is 48.4 Å². The average molecular weight is 465 g/mol. The molecule has 7 heteroatoms. The topological polar surface area (TPSA) is 67.9 Å². The number of fused-ring (bicyclic) bond motifs is 1. The highest BCUT2D eigenvalue weighted by atomic mass is 35.5. The van der Waals surface area contributed by atoms with Crippen LogP contribution < -0.4 is 14.8 Å². The van der Waals surface area contributed by atoms with Crippen LogP contribution in [0.2, 0.25) is 5.02 Å². The standard InChI is InChI=1S/C26H25ClN2O4/c1-3-23-26(31)29(15-17-4-8-20(27)9-5-17)16-19-14-21(10-13-24(19)33-23)28-25(30)18-6-11-22(32-2)12-7-18/h4-14,23H,3,15-16H2,1-2H3,(H,28,30)/t23-/m1/s1. The summed E-state index contributed by atoms with van der Waals surface area (Å²) in [6.45, 7) is 2.74. The van der Waals surface area contributed by atoms with Crippen molar-refractivity contribution in [2.45, 2.75) is 32.5 Å². The monoisotopic (exact) mass is 464 g/mol. The number of anilines is 1. The minimum Gasteiger partial charge on any atom is -0.497 e. The zero-order chi connectivity index (χ0) is 23.4. The lowest BCUT2D eigenvalue weighted by atomic mass is 10.1. The van der Waals surface area contributed by atoms with Gasteiger partial charge in [0.1, 0.15) is 11.5 Å². The van der Waals surface area contributed by atoms with Crippen LogP contribution >= 0.6 is 11.6 Å². The van der Waals surface area contributed by atoms with Crippen molar-refractivity contribution in [3.05, 3.63) is 88.4 Å². The number of carbonyl (C=O) groups is 2. The third kappa shape index (κ3) is 5.29. The quantitative estimate of drug-likeness (QED) is 0.537. The van der Waals surface area contributed by atoms with Gasteiger partial charge in [-0.1, -0.05) is 30.7 Å². The Balaban J connectivity index is 1.56. The molecule has 4 rings (SSSR count). The van der Waals surface area contributed by atoms with Crippen LogP contribution in [0.15, 0.2) is 66.7 Å². The molecule has 0 aliphatic carbocycles. The molecule has 33 heavy (non-hydrogen) atoms. The smallest absolute Gasteiger partial charge is 0.264 e. The molecule has 6 nitrogen and oxygen atoms in total. The van der Waals surface area contributed by atoms with Gasteiger partial charge in [0.2, 0.25) is 0 Å². The van der Waals surface area contributed by atoms with Crippen LogP contribution in [0.1, 0.15) is 34.8 Å². The van der Waals surface area contributed by atoms with Crippen molar-refractivity contribution < 1.29 is 19.1 Å². The first-order valence-electron chi connectivity index (χ1n) is 10.7. The third-order valence-corrected chi connectivity index (χ3v) is 5.80. The number of amides is 2. The molecule has 0 bridgehead atoms. The highest BCUT2D eigenvalue weighted by molar-refractivity contribution is 6.30. The van der Waals surface area contributed by atoms with Crippen LogP contribution in [-0.4, -0.2) is 29.9 Å². The number of carbonyl (C=O) groups excluding carboxylic acids is 2. The molecule has 0 saturated heterocycles. The van der Waals surface area contributed by atoms with Gasteiger partial charge >= 0.3 is 0 Å². The molecular formula is C26H25ClN2O4. The second-order valence-corrected chi connectivity index (χ2v) is 8.28. The summed E-state index contributed by atoms with van der Waals surface area (Å²) in [5, 5.41) is 3.57. The van der Waals surface area contributed by atoms with Crippen molar-refractivity contribution in [1.82, 2.24) is 4.90 Å². The van der Waals surface area contributed by atoms with Crippen molar-refractivity contribution in [2.75, 3.05) is 12.4 Å². The summed E-state index contributed by atoms with van der Waals surface area (Å²) in [5.74, 6) is 1.04. The van der Waals surface area contributed by atoms with Gasteiger partial charge in [-0.15, -0.1) is 0 Å². The number of nitrogens with zero attached hydrogens (tertiary/aromatic N) is 1. The Bertz CT molecular complexity index is 1150. The number of methoxy groups -OCH3 is 1. The molecule has 1 N–H and O–H groups in total. The van der Waals surface area contributed by atoms with Crippen molar-refractivity contribution in [3.8, 4) is 11.5 Å². The summed E-state index contributed by atoms with van der Waals surface area (Å²) in [6, 6.07) is 19.8. The molecule has 1 heterocycles. The van der Waals surface area contributed by atoms with Crippen LogP contribution in [0.5, 0.6) is 11.5 Å². The summed E-state index contributed by atoms with van der Waals surface area (Å²) < 4.78 is 11.2. The van der Waals surface area contributed by atoms with Crippen LogP contribution in [0.3, 0.4) is 0 Å². The first-order chi connectivity index (χ1) is 16.0. The van der Waals surface area contributed by atoms with E-state index >= 15 is 0 Å². The molecule has 1 atom stereocenters. The van der Waals surface area contributed by atoms with E-state index in [4.69, 9.17) is 21.1 Å². The lowest BCUT2D eigenvalue weighted by Gasteiger charge is -2.23. The van der Waals surface area contributed by atoms with E-state index < -0.39 is 6.10 Å². The molecule has 0 fully saturated rings. The largest absolute Gasteiger partial charge is 0.497 e. The van der Waals surface area contributed by atoms with Crippen LogP contribution in [0.25, 0.3) is 0 Å². The molecule has 170 valence electrons. The zero-order valence-corrected chi connectivity index (χ0v) is 19.3. The lowest BCUT2D eigenvalue weighted by Crippen LogP contribution is -2.38. The third-order valence-electron chi connectivity index (χ3n) is 5.55. The SMILES string of the molecule is CC[C@H]1Oc2ccc(NC(=O)c3ccc(OC)cc3)cc2CN(Cc2ccc(Cl)cc2)C1=O. The minimum absolute atomic E-state index is 0.0625. The predicted octanol–water partition coefficient (Wildman–Crippen LogP) is 5.30. The van der Waals surface area contributed by atoms with Gasteiger partial charge in [0.25, 0.3) is 11.8 Å². The highest BCUT2D eigenvalue weighted by Gasteiger charge is 2.30. The molecule has 0 unspecified atom stereocenters. The van der Waals surface area contributed by atoms with Crippen molar-refractivity contribution in [1.29, 1.82) is 0 Å². The second-order valence-electron chi connectivity index (χ2n) is 7.84. The molecule has 0 aromatic heterocycles. The molecular weight excluding hydrogens is 440 g/mol. The fraction of sp³-hybridized carbons (Fsp3) is 0.231. The Morgan fingerprint density at radius 2 is 1.85 bits per heavy atom. The number of nitrogens with one attached hydrogen (secondary N) is 1. The summed E-state index contributed by atoms with van der Waals surface area (Å²) in [6.07, 6.45) is 0.00372. The van der Waals surface area contributed by atoms with Gasteiger partial charge in [0.15, 0.2) is 6.10 Å². The maximum Gasteiger partial charge on any atom is 0.264 e. The normalized spacial score (nSPS) is 15.3. The summed E-state index contributed by atoms with van der Waals surface area (Å²) in [7, 11) is 1.58. The number of rotatable bonds is 6. The fourth-order valence-corrected chi connectivity index (χ4v) is 3.86. The molecule has 0 radical (unpaired) electrons. The van der Waals surface area contributed by atoms with E-state index in [2.05, 4.69) is 5.32 Å². The Labute approximate surface area is 198 Å². The van der Waals surface area contributed by atoms with E-state index in [9.17, 15) is 9.59 Å². The Hall–Kier alpha value is -3.51. The van der Waals surface area contributed by atoms with Crippen molar-refractivity contribution >= 4 is 29.1 Å². The summed E-state index contributed by atoms with van der Waals surface area (Å²) in [4.78, 5) is 27.6. The van der Waals surface area contributed by atoms with E-state index in [0.717, 1.165) is 11.1 Å². The zero-order valence-electron chi connectivity index (χ0n) is 18.5. The molecule has 1 aliphatic heterocycles. The maximum atomic E-state index is 13.1. The number of benzene rings is 3. The lowest BCUT2D eigenvalue weighted by molar-refractivity contribution is -0.139. The van der Waals surface area contributed by atoms with Gasteiger partial charge in [0, 0.05) is 34.9 Å². The van der Waals surface area contributed by atoms with E-state index in [1.165, 1.54) is 0 Å². The van der Waals surface area contributed by atoms with Crippen LogP contribution in [-0.2, 0) is 17.9 Å². The second kappa shape index (κ2) is 9.96. The van der Waals surface area contributed by atoms with E-state index in [1.807, 2.05) is 37.3 Å². The first-order valence-corrected chi connectivity index (χ1v) is 11.1. The molecule has 3 aromatic carbocycles.